The maximum atomic E-state index is 12.7. The molecule has 1 saturated heterocycles. The SMILES string of the molecule is CC1CCCN(C(=O)c2ccccc2NC(C)C)CC1. The number of nitrogens with one attached hydrogen (secondary N) is 1. The van der Waals surface area contributed by atoms with Crippen molar-refractivity contribution in [2.75, 3.05) is 18.4 Å². The summed E-state index contributed by atoms with van der Waals surface area (Å²) in [6.45, 7) is 8.24. The molecule has 110 valence electrons. The Bertz CT molecular complexity index is 456. The standard InChI is InChI=1S/C17H26N2O/c1-13(2)18-16-9-5-4-8-15(16)17(20)19-11-6-7-14(3)10-12-19/h4-5,8-9,13-14,18H,6-7,10-12H2,1-3H3. The van der Waals surface area contributed by atoms with E-state index < -0.39 is 0 Å². The van der Waals surface area contributed by atoms with Gasteiger partial charge in [-0.25, -0.2) is 0 Å². The van der Waals surface area contributed by atoms with Gasteiger partial charge >= 0.3 is 0 Å². The lowest BCUT2D eigenvalue weighted by molar-refractivity contribution is 0.0761. The van der Waals surface area contributed by atoms with Crippen LogP contribution >= 0.6 is 0 Å². The third-order valence-corrected chi connectivity index (χ3v) is 3.91. The van der Waals surface area contributed by atoms with Crippen LogP contribution in [0.25, 0.3) is 0 Å². The van der Waals surface area contributed by atoms with E-state index in [9.17, 15) is 4.79 Å². The van der Waals surface area contributed by atoms with Gasteiger partial charge in [-0.1, -0.05) is 19.1 Å². The second kappa shape index (κ2) is 6.78. The molecule has 1 heterocycles. The molecule has 0 spiro atoms. The van der Waals surface area contributed by atoms with Crippen molar-refractivity contribution < 1.29 is 4.79 Å². The fraction of sp³-hybridized carbons (Fsp3) is 0.588. The number of carbonyl (C=O) groups is 1. The number of anilines is 1. The number of rotatable bonds is 3. The van der Waals surface area contributed by atoms with E-state index in [1.54, 1.807) is 0 Å². The molecule has 0 aliphatic carbocycles. The summed E-state index contributed by atoms with van der Waals surface area (Å²) in [6.07, 6.45) is 3.47. The van der Waals surface area contributed by atoms with Crippen molar-refractivity contribution in [3.8, 4) is 0 Å². The average molecular weight is 274 g/mol. The van der Waals surface area contributed by atoms with Gasteiger partial charge in [0, 0.05) is 24.8 Å². The van der Waals surface area contributed by atoms with E-state index in [2.05, 4.69) is 26.1 Å². The molecule has 1 atom stereocenters. The first-order valence-electron chi connectivity index (χ1n) is 7.72. The molecule has 1 amide bonds. The number of hydrogen-bond donors (Lipinski definition) is 1. The van der Waals surface area contributed by atoms with Gasteiger partial charge in [0.05, 0.1) is 5.56 Å². The summed E-state index contributed by atoms with van der Waals surface area (Å²) in [5.41, 5.74) is 1.75. The average Bonchev–Trinajstić information content (AvgIpc) is 2.63. The second-order valence-corrected chi connectivity index (χ2v) is 6.17. The van der Waals surface area contributed by atoms with Gasteiger partial charge in [0.2, 0.25) is 0 Å². The van der Waals surface area contributed by atoms with Gasteiger partial charge in [0.15, 0.2) is 0 Å². The molecule has 3 heteroatoms. The van der Waals surface area contributed by atoms with E-state index in [0.29, 0.717) is 6.04 Å². The number of likely N-dealkylation sites (tertiary alicyclic amines) is 1. The molecule has 1 aromatic rings. The van der Waals surface area contributed by atoms with Crippen LogP contribution in [0.4, 0.5) is 5.69 Å². The second-order valence-electron chi connectivity index (χ2n) is 6.17. The number of hydrogen-bond acceptors (Lipinski definition) is 2. The molecule has 2 rings (SSSR count). The molecule has 0 saturated carbocycles. The molecule has 1 fully saturated rings. The summed E-state index contributed by atoms with van der Waals surface area (Å²) in [5, 5.41) is 3.37. The lowest BCUT2D eigenvalue weighted by Crippen LogP contribution is -2.32. The maximum absolute atomic E-state index is 12.7. The third kappa shape index (κ3) is 3.75. The first kappa shape index (κ1) is 14.9. The van der Waals surface area contributed by atoms with Crippen LogP contribution in [0.1, 0.15) is 50.4 Å². The molecule has 1 N–H and O–H groups in total. The lowest BCUT2D eigenvalue weighted by Gasteiger charge is -2.23. The number of nitrogens with zero attached hydrogens (tertiary/aromatic N) is 1. The normalized spacial score (nSPS) is 19.8. The first-order valence-corrected chi connectivity index (χ1v) is 7.72. The van der Waals surface area contributed by atoms with Crippen molar-refractivity contribution in [3.05, 3.63) is 29.8 Å². The summed E-state index contributed by atoms with van der Waals surface area (Å²) in [5.74, 6) is 0.902. The van der Waals surface area contributed by atoms with Crippen molar-refractivity contribution in [2.24, 2.45) is 5.92 Å². The van der Waals surface area contributed by atoms with Gasteiger partial charge in [-0.05, 0) is 51.2 Å². The molecular formula is C17H26N2O. The minimum Gasteiger partial charge on any atom is -0.382 e. The van der Waals surface area contributed by atoms with E-state index >= 15 is 0 Å². The van der Waals surface area contributed by atoms with E-state index in [4.69, 9.17) is 0 Å². The number of benzene rings is 1. The highest BCUT2D eigenvalue weighted by Gasteiger charge is 2.21. The summed E-state index contributed by atoms with van der Waals surface area (Å²) < 4.78 is 0. The first-order chi connectivity index (χ1) is 9.58. The lowest BCUT2D eigenvalue weighted by atomic mass is 10.0. The van der Waals surface area contributed by atoms with Crippen molar-refractivity contribution in [2.45, 2.75) is 46.1 Å². The molecule has 1 aromatic carbocycles. The van der Waals surface area contributed by atoms with Crippen LogP contribution in [0.5, 0.6) is 0 Å². The van der Waals surface area contributed by atoms with Crippen LogP contribution in [-0.4, -0.2) is 29.9 Å². The predicted octanol–water partition coefficient (Wildman–Crippen LogP) is 3.77. The highest BCUT2D eigenvalue weighted by Crippen LogP contribution is 2.22. The Balaban J connectivity index is 2.15. The van der Waals surface area contributed by atoms with Crippen molar-refractivity contribution >= 4 is 11.6 Å². The van der Waals surface area contributed by atoms with Crippen LogP contribution in [-0.2, 0) is 0 Å². The quantitative estimate of drug-likeness (QED) is 0.910. The molecule has 0 bridgehead atoms. The summed E-state index contributed by atoms with van der Waals surface area (Å²) in [6, 6.07) is 8.17. The maximum Gasteiger partial charge on any atom is 0.255 e. The van der Waals surface area contributed by atoms with Crippen LogP contribution in [0.15, 0.2) is 24.3 Å². The summed E-state index contributed by atoms with van der Waals surface area (Å²) >= 11 is 0. The smallest absolute Gasteiger partial charge is 0.255 e. The topological polar surface area (TPSA) is 32.3 Å². The van der Waals surface area contributed by atoms with Gasteiger partial charge < -0.3 is 10.2 Å². The van der Waals surface area contributed by atoms with Crippen LogP contribution in [0.2, 0.25) is 0 Å². The Kier molecular flexibility index (Phi) is 5.05. The molecule has 0 radical (unpaired) electrons. The van der Waals surface area contributed by atoms with E-state index in [1.165, 1.54) is 6.42 Å². The zero-order valence-electron chi connectivity index (χ0n) is 12.9. The zero-order chi connectivity index (χ0) is 14.5. The Morgan fingerprint density at radius 3 is 2.75 bits per heavy atom. The van der Waals surface area contributed by atoms with E-state index in [1.807, 2.05) is 29.2 Å². The van der Waals surface area contributed by atoms with Crippen molar-refractivity contribution in [1.82, 2.24) is 4.90 Å². The summed E-state index contributed by atoms with van der Waals surface area (Å²) in [7, 11) is 0. The van der Waals surface area contributed by atoms with Crippen LogP contribution in [0.3, 0.4) is 0 Å². The van der Waals surface area contributed by atoms with Gasteiger partial charge in [0.25, 0.3) is 5.91 Å². The fourth-order valence-electron chi connectivity index (χ4n) is 2.74. The molecule has 0 aromatic heterocycles. The number of amides is 1. The van der Waals surface area contributed by atoms with Gasteiger partial charge in [-0.3, -0.25) is 4.79 Å². The summed E-state index contributed by atoms with van der Waals surface area (Å²) in [4.78, 5) is 14.8. The highest BCUT2D eigenvalue weighted by atomic mass is 16.2. The highest BCUT2D eigenvalue weighted by molar-refractivity contribution is 5.99. The Morgan fingerprint density at radius 2 is 2.00 bits per heavy atom. The third-order valence-electron chi connectivity index (χ3n) is 3.91. The van der Waals surface area contributed by atoms with Gasteiger partial charge in [0.1, 0.15) is 0 Å². The van der Waals surface area contributed by atoms with Crippen molar-refractivity contribution in [1.29, 1.82) is 0 Å². The molecule has 3 nitrogen and oxygen atoms in total. The minimum atomic E-state index is 0.169. The Labute approximate surface area is 122 Å². The van der Waals surface area contributed by atoms with Gasteiger partial charge in [-0.2, -0.15) is 0 Å². The van der Waals surface area contributed by atoms with Crippen LogP contribution < -0.4 is 5.32 Å². The number of para-hydroxylation sites is 1. The molecule has 1 aliphatic heterocycles. The zero-order valence-corrected chi connectivity index (χ0v) is 12.9. The Hall–Kier alpha value is -1.51. The van der Waals surface area contributed by atoms with E-state index in [-0.39, 0.29) is 5.91 Å². The monoisotopic (exact) mass is 274 g/mol. The van der Waals surface area contributed by atoms with Crippen LogP contribution in [0, 0.1) is 5.92 Å². The largest absolute Gasteiger partial charge is 0.382 e. The van der Waals surface area contributed by atoms with E-state index in [0.717, 1.165) is 43.1 Å². The molecular weight excluding hydrogens is 248 g/mol. The van der Waals surface area contributed by atoms with Gasteiger partial charge in [-0.15, -0.1) is 0 Å². The molecule has 1 unspecified atom stereocenters. The Morgan fingerprint density at radius 1 is 1.25 bits per heavy atom. The molecule has 1 aliphatic rings. The minimum absolute atomic E-state index is 0.169. The van der Waals surface area contributed by atoms with Crippen molar-refractivity contribution in [3.63, 3.8) is 0 Å². The predicted molar refractivity (Wildman–Crippen MR) is 84.1 cm³/mol. The molecule has 20 heavy (non-hydrogen) atoms. The number of carbonyl (C=O) groups excluding carboxylic acids is 1. The fourth-order valence-corrected chi connectivity index (χ4v) is 2.74.